The monoisotopic (exact) mass is 180 g/mol. The molecule has 0 unspecified atom stereocenters. The van der Waals surface area contributed by atoms with Crippen LogP contribution in [0.15, 0.2) is 11.2 Å². The number of nitrogens with zero attached hydrogens (tertiary/aromatic N) is 1. The van der Waals surface area contributed by atoms with Gasteiger partial charge in [-0.15, -0.1) is 0 Å². The van der Waals surface area contributed by atoms with E-state index in [1.165, 1.54) is 0 Å². The number of hydrogen-bond acceptors (Lipinski definition) is 3. The van der Waals surface area contributed by atoms with Crippen LogP contribution in [0.1, 0.15) is 25.0 Å². The first kappa shape index (κ1) is 9.64. The van der Waals surface area contributed by atoms with Crippen LogP contribution in [0.2, 0.25) is 0 Å². The van der Waals surface area contributed by atoms with Crippen molar-refractivity contribution in [1.29, 1.82) is 0 Å². The third-order valence-electron chi connectivity index (χ3n) is 1.84. The number of aromatic amines is 1. The van der Waals surface area contributed by atoms with Gasteiger partial charge in [0.1, 0.15) is 18.3 Å². The first-order valence-electron chi connectivity index (χ1n) is 4.51. The van der Waals surface area contributed by atoms with E-state index >= 15 is 0 Å². The maximum atomic E-state index is 5.68. The lowest BCUT2D eigenvalue weighted by Crippen LogP contribution is -2.22. The molecule has 0 saturated heterocycles. The van der Waals surface area contributed by atoms with E-state index in [-0.39, 0.29) is 0 Å². The number of amidine groups is 1. The molecule has 0 radical (unpaired) electrons. The fourth-order valence-corrected chi connectivity index (χ4v) is 1.27. The van der Waals surface area contributed by atoms with Gasteiger partial charge >= 0.3 is 0 Å². The Morgan fingerprint density at radius 2 is 2.15 bits per heavy atom. The maximum absolute atomic E-state index is 5.68. The van der Waals surface area contributed by atoms with Crippen LogP contribution in [-0.4, -0.2) is 17.5 Å². The highest BCUT2D eigenvalue weighted by atomic mass is 15.1. The number of nitrogens with one attached hydrogen (secondary N) is 2. The molecule has 0 bridgehead atoms. The molecule has 0 amide bonds. The number of aliphatic imine (C=N–C) groups is 1. The van der Waals surface area contributed by atoms with Crippen LogP contribution >= 0.6 is 0 Å². The zero-order valence-electron chi connectivity index (χ0n) is 8.31. The van der Waals surface area contributed by atoms with Crippen molar-refractivity contribution in [2.24, 2.45) is 10.7 Å². The predicted octanol–water partition coefficient (Wildman–Crippen LogP) is 1.44. The van der Waals surface area contributed by atoms with Gasteiger partial charge in [0.25, 0.3) is 0 Å². The van der Waals surface area contributed by atoms with E-state index in [4.69, 9.17) is 5.73 Å². The van der Waals surface area contributed by atoms with Crippen molar-refractivity contribution in [2.75, 3.05) is 12.0 Å². The molecule has 0 saturated carbocycles. The summed E-state index contributed by atoms with van der Waals surface area (Å²) in [5, 5.41) is 3.09. The Labute approximate surface area is 78.3 Å². The molecule has 0 atom stereocenters. The smallest absolute Gasteiger partial charge is 0.131 e. The van der Waals surface area contributed by atoms with Crippen molar-refractivity contribution in [1.82, 2.24) is 4.98 Å². The van der Waals surface area contributed by atoms with Crippen molar-refractivity contribution in [3.8, 4) is 0 Å². The van der Waals surface area contributed by atoms with Gasteiger partial charge in [-0.2, -0.15) is 0 Å². The topological polar surface area (TPSA) is 66.2 Å². The van der Waals surface area contributed by atoms with Crippen molar-refractivity contribution in [3.05, 3.63) is 17.3 Å². The van der Waals surface area contributed by atoms with E-state index in [0.29, 0.717) is 12.5 Å². The lowest BCUT2D eigenvalue weighted by molar-refractivity contribution is 1.09. The summed E-state index contributed by atoms with van der Waals surface area (Å²) in [6, 6.07) is 0. The van der Waals surface area contributed by atoms with Gasteiger partial charge < -0.3 is 16.0 Å². The highest BCUT2D eigenvalue weighted by molar-refractivity contribution is 6.04. The minimum atomic E-state index is 0.568. The van der Waals surface area contributed by atoms with Crippen molar-refractivity contribution < 1.29 is 0 Å². The quantitative estimate of drug-likeness (QED) is 0.565. The van der Waals surface area contributed by atoms with Crippen molar-refractivity contribution in [2.45, 2.75) is 20.8 Å². The Bertz CT molecular complexity index is 311. The normalized spacial score (nSPS) is 13.3. The van der Waals surface area contributed by atoms with Gasteiger partial charge in [-0.3, -0.25) is 0 Å². The third kappa shape index (κ3) is 1.66. The van der Waals surface area contributed by atoms with E-state index in [9.17, 15) is 0 Å². The van der Waals surface area contributed by atoms with E-state index < -0.39 is 0 Å². The molecule has 0 aliphatic carbocycles. The first-order chi connectivity index (χ1) is 6.29. The molecule has 1 aliphatic rings. The largest absolute Gasteiger partial charge is 0.383 e. The number of fused-ring (bicyclic) bond motifs is 1. The molecule has 2 heterocycles. The van der Waals surface area contributed by atoms with E-state index in [2.05, 4.69) is 15.3 Å². The van der Waals surface area contributed by atoms with Crippen molar-refractivity contribution in [3.63, 3.8) is 0 Å². The summed E-state index contributed by atoms with van der Waals surface area (Å²) in [6.07, 6.45) is 1.92. The van der Waals surface area contributed by atoms with Gasteiger partial charge in [-0.1, -0.05) is 13.8 Å². The summed E-state index contributed by atoms with van der Waals surface area (Å²) in [7, 11) is 0. The average molecular weight is 180 g/mol. The van der Waals surface area contributed by atoms with Gasteiger partial charge in [0, 0.05) is 6.20 Å². The summed E-state index contributed by atoms with van der Waals surface area (Å²) in [6.45, 7) is 6.57. The van der Waals surface area contributed by atoms with Gasteiger partial charge in [-0.05, 0) is 12.5 Å². The second-order valence-corrected chi connectivity index (χ2v) is 2.60. The highest BCUT2D eigenvalue weighted by Gasteiger charge is 2.14. The highest BCUT2D eigenvalue weighted by Crippen LogP contribution is 2.19. The summed E-state index contributed by atoms with van der Waals surface area (Å²) in [4.78, 5) is 7.15. The summed E-state index contributed by atoms with van der Waals surface area (Å²) in [5.74, 6) is 1.60. The first-order valence-corrected chi connectivity index (χ1v) is 4.51. The lowest BCUT2D eigenvalue weighted by Gasteiger charge is -2.11. The molecule has 0 spiro atoms. The van der Waals surface area contributed by atoms with Gasteiger partial charge in [0.15, 0.2) is 0 Å². The van der Waals surface area contributed by atoms with E-state index in [1.54, 1.807) is 0 Å². The van der Waals surface area contributed by atoms with Crippen LogP contribution in [0.3, 0.4) is 0 Å². The van der Waals surface area contributed by atoms with Gasteiger partial charge in [0.2, 0.25) is 0 Å². The Morgan fingerprint density at radius 1 is 1.46 bits per heavy atom. The van der Waals surface area contributed by atoms with Crippen LogP contribution in [0.25, 0.3) is 0 Å². The summed E-state index contributed by atoms with van der Waals surface area (Å²) >= 11 is 0. The van der Waals surface area contributed by atoms with Crippen molar-refractivity contribution >= 4 is 11.7 Å². The SMILES string of the molecule is CC.Cc1c[nH]c2c1C(N)=NCN2. The molecule has 4 N–H and O–H groups in total. The Morgan fingerprint density at radius 3 is 2.77 bits per heavy atom. The zero-order valence-corrected chi connectivity index (χ0v) is 8.31. The molecular weight excluding hydrogens is 164 g/mol. The molecule has 1 aromatic rings. The fourth-order valence-electron chi connectivity index (χ4n) is 1.27. The van der Waals surface area contributed by atoms with E-state index in [1.807, 2.05) is 27.0 Å². The fraction of sp³-hybridized carbons (Fsp3) is 0.444. The second-order valence-electron chi connectivity index (χ2n) is 2.60. The van der Waals surface area contributed by atoms with Crippen LogP contribution in [-0.2, 0) is 0 Å². The van der Waals surface area contributed by atoms with Crippen LogP contribution in [0, 0.1) is 6.92 Å². The number of aromatic nitrogens is 1. The summed E-state index contributed by atoms with van der Waals surface area (Å²) in [5.41, 5.74) is 7.82. The third-order valence-corrected chi connectivity index (χ3v) is 1.84. The molecule has 13 heavy (non-hydrogen) atoms. The van der Waals surface area contributed by atoms with Crippen LogP contribution in [0.4, 0.5) is 5.82 Å². The average Bonchev–Trinajstić information content (AvgIpc) is 2.53. The zero-order chi connectivity index (χ0) is 9.84. The van der Waals surface area contributed by atoms with E-state index in [0.717, 1.165) is 16.9 Å². The van der Waals surface area contributed by atoms with Crippen LogP contribution < -0.4 is 11.1 Å². The number of aryl methyl sites for hydroxylation is 1. The molecule has 4 nitrogen and oxygen atoms in total. The number of rotatable bonds is 0. The number of H-pyrrole nitrogens is 1. The predicted molar refractivity (Wildman–Crippen MR) is 56.1 cm³/mol. The minimum absolute atomic E-state index is 0.568. The molecule has 0 fully saturated rings. The van der Waals surface area contributed by atoms with Gasteiger partial charge in [0.05, 0.1) is 5.56 Å². The lowest BCUT2D eigenvalue weighted by atomic mass is 10.2. The standard InChI is InChI=1S/C7H10N4.C2H6/c1-4-2-9-7-5(4)6(8)10-3-11-7;1-2/h2,9,11H,3H2,1H3,(H2,8,10);1-2H3. The molecule has 72 valence electrons. The number of hydrogen-bond donors (Lipinski definition) is 3. The Hall–Kier alpha value is -1.45. The molecule has 1 aliphatic heterocycles. The molecular formula is C9H16N4. The molecule has 0 aromatic carbocycles. The summed E-state index contributed by atoms with van der Waals surface area (Å²) < 4.78 is 0. The van der Waals surface area contributed by atoms with Gasteiger partial charge in [-0.25, -0.2) is 4.99 Å². The molecule has 2 rings (SSSR count). The second kappa shape index (κ2) is 3.98. The minimum Gasteiger partial charge on any atom is -0.383 e. The Kier molecular flexibility index (Phi) is 2.95. The Balaban J connectivity index is 0.000000396. The van der Waals surface area contributed by atoms with Crippen LogP contribution in [0.5, 0.6) is 0 Å². The molecule has 4 heteroatoms. The maximum Gasteiger partial charge on any atom is 0.131 e. The number of anilines is 1. The number of nitrogens with two attached hydrogens (primary N) is 1. The molecule has 1 aromatic heterocycles.